The summed E-state index contributed by atoms with van der Waals surface area (Å²) >= 11 is 0. The third-order valence-electron chi connectivity index (χ3n) is 5.43. The Balaban J connectivity index is 1.30. The van der Waals surface area contributed by atoms with Gasteiger partial charge >= 0.3 is 6.03 Å². The molecule has 0 saturated carbocycles. The summed E-state index contributed by atoms with van der Waals surface area (Å²) in [6.07, 6.45) is 1.66. The van der Waals surface area contributed by atoms with Crippen molar-refractivity contribution in [1.82, 2.24) is 10.3 Å². The predicted molar refractivity (Wildman–Crippen MR) is 133 cm³/mol. The van der Waals surface area contributed by atoms with E-state index in [1.807, 2.05) is 13.0 Å². The Labute approximate surface area is 207 Å². The highest BCUT2D eigenvalue weighted by Crippen LogP contribution is 2.48. The summed E-state index contributed by atoms with van der Waals surface area (Å²) in [7, 11) is 0. The van der Waals surface area contributed by atoms with Crippen LogP contribution in [0.15, 0.2) is 66.9 Å². The van der Waals surface area contributed by atoms with E-state index in [-0.39, 0.29) is 12.4 Å². The Bertz CT molecular complexity index is 1390. The molecule has 2 amide bonds. The van der Waals surface area contributed by atoms with Crippen LogP contribution in [0.25, 0.3) is 10.9 Å². The summed E-state index contributed by atoms with van der Waals surface area (Å²) in [5.74, 6) is 2.43. The number of ether oxygens (including phenoxy) is 4. The SMILES string of the molecule is CCOc1cc2nccc(Oc3ccc(NC(=O)NCc4cccc(F)c4)cc3)c2c2c1OCCO2. The number of carbonyl (C=O) groups is 1. The normalized spacial score (nSPS) is 12.2. The molecule has 36 heavy (non-hydrogen) atoms. The smallest absolute Gasteiger partial charge is 0.319 e. The first kappa shape index (κ1) is 23.2. The lowest BCUT2D eigenvalue weighted by atomic mass is 10.1. The Hall–Kier alpha value is -4.53. The number of nitrogens with zero attached hydrogens (tertiary/aromatic N) is 1. The summed E-state index contributed by atoms with van der Waals surface area (Å²) in [6.45, 7) is 3.44. The summed E-state index contributed by atoms with van der Waals surface area (Å²) in [5.41, 5.74) is 1.91. The molecule has 4 aromatic rings. The van der Waals surface area contributed by atoms with Crippen molar-refractivity contribution >= 4 is 22.6 Å². The number of carbonyl (C=O) groups excluding carboxylic acids is 1. The number of urea groups is 1. The zero-order valence-electron chi connectivity index (χ0n) is 19.5. The zero-order chi connectivity index (χ0) is 24.9. The van der Waals surface area contributed by atoms with Gasteiger partial charge in [0.15, 0.2) is 11.5 Å². The molecule has 0 fully saturated rings. The van der Waals surface area contributed by atoms with E-state index in [9.17, 15) is 9.18 Å². The lowest BCUT2D eigenvalue weighted by Crippen LogP contribution is -2.28. The van der Waals surface area contributed by atoms with Gasteiger partial charge in [0.2, 0.25) is 5.75 Å². The fraction of sp³-hybridized carbons (Fsp3) is 0.185. The molecule has 0 aliphatic carbocycles. The van der Waals surface area contributed by atoms with Crippen LogP contribution < -0.4 is 29.6 Å². The van der Waals surface area contributed by atoms with Crippen molar-refractivity contribution in [3.05, 3.63) is 78.2 Å². The van der Waals surface area contributed by atoms with Crippen LogP contribution in [-0.4, -0.2) is 30.8 Å². The molecular weight excluding hydrogens is 465 g/mol. The third kappa shape index (κ3) is 5.10. The molecule has 3 aromatic carbocycles. The minimum atomic E-state index is -0.401. The van der Waals surface area contributed by atoms with Crippen molar-refractivity contribution in [2.75, 3.05) is 25.1 Å². The molecule has 0 atom stereocenters. The van der Waals surface area contributed by atoms with Crippen LogP contribution >= 0.6 is 0 Å². The van der Waals surface area contributed by atoms with Gasteiger partial charge in [-0.3, -0.25) is 4.98 Å². The number of aromatic nitrogens is 1. The molecule has 8 nitrogen and oxygen atoms in total. The van der Waals surface area contributed by atoms with Crippen LogP contribution in [-0.2, 0) is 6.54 Å². The molecule has 0 radical (unpaired) electrons. The van der Waals surface area contributed by atoms with E-state index in [4.69, 9.17) is 18.9 Å². The quantitative estimate of drug-likeness (QED) is 0.348. The molecule has 2 N–H and O–H groups in total. The van der Waals surface area contributed by atoms with Crippen LogP contribution in [0.4, 0.5) is 14.9 Å². The van der Waals surface area contributed by atoms with Gasteiger partial charge in [-0.25, -0.2) is 9.18 Å². The van der Waals surface area contributed by atoms with E-state index < -0.39 is 6.03 Å². The van der Waals surface area contributed by atoms with Crippen LogP contribution in [0.2, 0.25) is 0 Å². The molecule has 0 spiro atoms. The molecule has 9 heteroatoms. The second-order valence-electron chi connectivity index (χ2n) is 7.93. The van der Waals surface area contributed by atoms with Gasteiger partial charge in [0.1, 0.15) is 30.5 Å². The number of pyridine rings is 1. The van der Waals surface area contributed by atoms with Crippen LogP contribution in [0.5, 0.6) is 28.7 Å². The van der Waals surface area contributed by atoms with Crippen molar-refractivity contribution in [1.29, 1.82) is 0 Å². The molecule has 5 rings (SSSR count). The first-order valence-corrected chi connectivity index (χ1v) is 11.5. The molecule has 1 aliphatic rings. The highest BCUT2D eigenvalue weighted by Gasteiger charge is 2.24. The minimum absolute atomic E-state index is 0.209. The van der Waals surface area contributed by atoms with Crippen molar-refractivity contribution in [3.8, 4) is 28.7 Å². The van der Waals surface area contributed by atoms with Crippen LogP contribution in [0.3, 0.4) is 0 Å². The highest BCUT2D eigenvalue weighted by atomic mass is 19.1. The van der Waals surface area contributed by atoms with Gasteiger partial charge in [0.25, 0.3) is 0 Å². The molecule has 1 aromatic heterocycles. The maximum atomic E-state index is 13.3. The molecular formula is C27H24FN3O5. The van der Waals surface area contributed by atoms with Gasteiger partial charge in [0.05, 0.1) is 17.5 Å². The highest BCUT2D eigenvalue weighted by molar-refractivity contribution is 5.95. The Morgan fingerprint density at radius 2 is 1.83 bits per heavy atom. The molecule has 184 valence electrons. The van der Waals surface area contributed by atoms with Crippen molar-refractivity contribution in [2.45, 2.75) is 13.5 Å². The van der Waals surface area contributed by atoms with Gasteiger partial charge in [-0.05, 0) is 55.0 Å². The van der Waals surface area contributed by atoms with Gasteiger partial charge < -0.3 is 29.6 Å². The number of halogens is 1. The van der Waals surface area contributed by atoms with Gasteiger partial charge in [-0.1, -0.05) is 12.1 Å². The third-order valence-corrected chi connectivity index (χ3v) is 5.43. The fourth-order valence-electron chi connectivity index (χ4n) is 3.86. The number of rotatable bonds is 7. The molecule has 1 aliphatic heterocycles. The lowest BCUT2D eigenvalue weighted by Gasteiger charge is -2.23. The Morgan fingerprint density at radius 1 is 1.03 bits per heavy atom. The predicted octanol–water partition coefficient (Wildman–Crippen LogP) is 5.66. The number of fused-ring (bicyclic) bond motifs is 3. The van der Waals surface area contributed by atoms with Crippen LogP contribution in [0.1, 0.15) is 12.5 Å². The Morgan fingerprint density at radius 3 is 2.61 bits per heavy atom. The van der Waals surface area contributed by atoms with Gasteiger partial charge in [-0.2, -0.15) is 0 Å². The first-order chi connectivity index (χ1) is 17.6. The average Bonchev–Trinajstić information content (AvgIpc) is 2.89. The van der Waals surface area contributed by atoms with Crippen molar-refractivity contribution in [3.63, 3.8) is 0 Å². The number of hydrogen-bond donors (Lipinski definition) is 2. The van der Waals surface area contributed by atoms with E-state index in [1.165, 1.54) is 12.1 Å². The van der Waals surface area contributed by atoms with E-state index in [0.29, 0.717) is 70.7 Å². The van der Waals surface area contributed by atoms with Gasteiger partial charge in [-0.15, -0.1) is 0 Å². The average molecular weight is 490 g/mol. The second kappa shape index (κ2) is 10.4. The molecule has 0 bridgehead atoms. The topological polar surface area (TPSA) is 90.9 Å². The molecule has 0 saturated heterocycles. The zero-order valence-corrected chi connectivity index (χ0v) is 19.5. The number of amides is 2. The van der Waals surface area contributed by atoms with Gasteiger partial charge in [0, 0.05) is 24.5 Å². The van der Waals surface area contributed by atoms with E-state index in [1.54, 1.807) is 48.7 Å². The Kier molecular flexibility index (Phi) is 6.70. The fourth-order valence-corrected chi connectivity index (χ4v) is 3.86. The first-order valence-electron chi connectivity index (χ1n) is 11.5. The molecule has 2 heterocycles. The number of nitrogens with one attached hydrogen (secondary N) is 2. The van der Waals surface area contributed by atoms with Crippen molar-refractivity contribution < 1.29 is 28.1 Å². The summed E-state index contributed by atoms with van der Waals surface area (Å²) < 4.78 is 36.9. The number of hydrogen-bond acceptors (Lipinski definition) is 6. The summed E-state index contributed by atoms with van der Waals surface area (Å²) in [5, 5.41) is 6.14. The summed E-state index contributed by atoms with van der Waals surface area (Å²) in [4.78, 5) is 16.7. The maximum absolute atomic E-state index is 13.3. The monoisotopic (exact) mass is 489 g/mol. The minimum Gasteiger partial charge on any atom is -0.490 e. The number of anilines is 1. The molecule has 0 unspecified atom stereocenters. The van der Waals surface area contributed by atoms with E-state index in [0.717, 1.165) is 0 Å². The standard InChI is InChI=1S/C27H24FN3O5/c1-2-33-23-15-21-24(26-25(23)34-12-13-35-26)22(10-11-29-21)36-20-8-6-19(7-9-20)31-27(32)30-16-17-4-3-5-18(28)14-17/h3-11,14-15H,2,12-13,16H2,1H3,(H2,30,31,32). The lowest BCUT2D eigenvalue weighted by molar-refractivity contribution is 0.165. The van der Waals surface area contributed by atoms with Crippen molar-refractivity contribution in [2.24, 2.45) is 0 Å². The number of benzene rings is 3. The maximum Gasteiger partial charge on any atom is 0.319 e. The summed E-state index contributed by atoms with van der Waals surface area (Å²) in [6, 6.07) is 16.2. The van der Waals surface area contributed by atoms with E-state index in [2.05, 4.69) is 15.6 Å². The van der Waals surface area contributed by atoms with Crippen LogP contribution in [0, 0.1) is 5.82 Å². The second-order valence-corrected chi connectivity index (χ2v) is 7.93. The van der Waals surface area contributed by atoms with E-state index >= 15 is 0 Å². The largest absolute Gasteiger partial charge is 0.490 e.